The quantitative estimate of drug-likeness (QED) is 0.0182. The molecule has 0 aliphatic heterocycles. The van der Waals surface area contributed by atoms with Crippen LogP contribution in [0, 0.1) is 88.8 Å². The van der Waals surface area contributed by atoms with Gasteiger partial charge in [-0.25, -0.2) is 4.79 Å². The van der Waals surface area contributed by atoms with Crippen molar-refractivity contribution in [1.82, 2.24) is 0 Å². The Morgan fingerprint density at radius 1 is 0.254 bits per heavy atom. The summed E-state index contributed by atoms with van der Waals surface area (Å²) in [4.78, 5) is 77.1. The molecule has 0 bridgehead atoms. The summed E-state index contributed by atoms with van der Waals surface area (Å²) in [5.41, 5.74) is 9.33. The molecule has 3 N–H and O–H groups in total. The minimum atomic E-state index is -0.655. The van der Waals surface area contributed by atoms with E-state index in [9.17, 15) is 33.6 Å². The predicted molar refractivity (Wildman–Crippen MR) is 549 cm³/mol. The van der Waals surface area contributed by atoms with Gasteiger partial charge in [-0.2, -0.15) is 0 Å². The largest absolute Gasteiger partial charge is 0.494 e. The van der Waals surface area contributed by atoms with E-state index in [4.69, 9.17) is 53.2 Å². The lowest BCUT2D eigenvalue weighted by Gasteiger charge is -2.26. The first-order valence-electron chi connectivity index (χ1n) is 51.0. The van der Waals surface area contributed by atoms with Gasteiger partial charge in [0.15, 0.2) is 6.61 Å². The van der Waals surface area contributed by atoms with Gasteiger partial charge in [-0.05, 0) is 349 Å². The molecule has 0 spiro atoms. The first-order chi connectivity index (χ1) is 66.0. The highest BCUT2D eigenvalue weighted by Crippen LogP contribution is 2.35. The molecule has 0 amide bonds. The number of carbonyl (C=O) groups is 7. The Kier molecular flexibility index (Phi) is 57.8. The van der Waals surface area contributed by atoms with Gasteiger partial charge >= 0.3 is 41.8 Å². The zero-order valence-corrected chi connectivity index (χ0v) is 86.8. The number of methoxy groups -OCH3 is 4. The average molecular weight is 1910 g/mol. The highest BCUT2D eigenvalue weighted by Gasteiger charge is 2.31. The molecule has 0 saturated heterocycles. The van der Waals surface area contributed by atoms with Crippen molar-refractivity contribution in [2.75, 3.05) is 74.7 Å². The van der Waals surface area contributed by atoms with Gasteiger partial charge in [0.1, 0.15) is 40.2 Å². The molecular formula is C117H170O21. The fourth-order valence-corrected chi connectivity index (χ4v) is 17.1. The smallest absolute Gasteiger partial charge is 0.343 e. The van der Waals surface area contributed by atoms with E-state index in [1.807, 2.05) is 84.9 Å². The number of carbonyl (C=O) groups excluding carboxylic acids is 4. The number of unbranched alkanes of at least 4 members (excludes halogenated alkanes) is 1. The molecule has 21 heteroatoms. The molecule has 2 atom stereocenters. The fraction of sp³-hybridized carbons (Fsp3) is 0.581. The third-order valence-electron chi connectivity index (χ3n) is 24.7. The molecule has 21 nitrogen and oxygen atoms in total. The first kappa shape index (κ1) is 118. The molecule has 4 saturated carbocycles. The molecule has 7 aromatic carbocycles. The Morgan fingerprint density at radius 3 is 0.746 bits per heavy atom. The minimum Gasteiger partial charge on any atom is -0.494 e. The molecule has 11 rings (SSSR count). The van der Waals surface area contributed by atoms with E-state index in [1.165, 1.54) is 67.4 Å². The normalized spacial score (nSPS) is 17.6. The lowest BCUT2D eigenvalue weighted by molar-refractivity contribution is -0.147. The van der Waals surface area contributed by atoms with Gasteiger partial charge in [0.05, 0.1) is 91.8 Å². The topological polar surface area (TPSA) is 282 Å². The SMILES string of the molecule is CC(C)Cc1ccc(OCC2CCC(C(=O)O)CC2)cc1.CC(C)Cc1ccc(OCC2CCC(C(=O)O)CC2)cc1.CC(C)Cc1ccc(OC[C@@H]2CCC[C@H](C(=O)O)C2)cc1.COC(=O)C1CCC(COc2ccc(CC(C)C)cc2)CC1.COC(=O)CCCCOc1ccc(CC(C)C)cc1.COC(=O)CCCOc1ccc(CC(C)C)cc1.COC(=O)COc1ccc(CC(C)C)cc1. The summed E-state index contributed by atoms with van der Waals surface area (Å²) in [6, 6.07) is 57.6. The Bertz CT molecular complexity index is 4350. The number of ether oxygens (including phenoxy) is 11. The van der Waals surface area contributed by atoms with Crippen molar-refractivity contribution in [3.63, 3.8) is 0 Å². The van der Waals surface area contributed by atoms with Gasteiger partial charge in [0.25, 0.3) is 0 Å². The summed E-state index contributed by atoms with van der Waals surface area (Å²) in [5, 5.41) is 27.1. The van der Waals surface area contributed by atoms with Gasteiger partial charge in [-0.1, -0.05) is 188 Å². The summed E-state index contributed by atoms with van der Waals surface area (Å²) in [6.07, 6.45) is 25.4. The van der Waals surface area contributed by atoms with E-state index in [0.29, 0.717) is 123 Å². The molecule has 138 heavy (non-hydrogen) atoms. The monoisotopic (exact) mass is 1910 g/mol. The van der Waals surface area contributed by atoms with Crippen molar-refractivity contribution in [3.8, 4) is 40.2 Å². The Morgan fingerprint density at radius 2 is 0.493 bits per heavy atom. The van der Waals surface area contributed by atoms with Crippen LogP contribution in [0.3, 0.4) is 0 Å². The van der Waals surface area contributed by atoms with Crippen LogP contribution in [-0.4, -0.2) is 132 Å². The summed E-state index contributed by atoms with van der Waals surface area (Å²) in [7, 11) is 5.63. The molecule has 0 heterocycles. The third-order valence-corrected chi connectivity index (χ3v) is 24.7. The minimum absolute atomic E-state index is 0.0416. The molecule has 764 valence electrons. The van der Waals surface area contributed by atoms with Gasteiger partial charge in [0.2, 0.25) is 0 Å². The van der Waals surface area contributed by atoms with Crippen LogP contribution in [-0.2, 0) is 97.5 Å². The summed E-state index contributed by atoms with van der Waals surface area (Å²) in [5.74, 6) is 9.60. The highest BCUT2D eigenvalue weighted by molar-refractivity contribution is 5.73. The second kappa shape index (κ2) is 67.7. The van der Waals surface area contributed by atoms with Gasteiger partial charge in [-0.15, -0.1) is 0 Å². The molecular weight excluding hydrogens is 1740 g/mol. The number of carboxylic acid groups (broad SMARTS) is 3. The highest BCUT2D eigenvalue weighted by atomic mass is 16.6. The van der Waals surface area contributed by atoms with E-state index in [0.717, 1.165) is 202 Å². The van der Waals surface area contributed by atoms with Crippen LogP contribution in [0.5, 0.6) is 40.2 Å². The maximum absolute atomic E-state index is 11.5. The average Bonchev–Trinajstić information content (AvgIpc) is 0.879. The number of esters is 4. The van der Waals surface area contributed by atoms with Crippen molar-refractivity contribution in [1.29, 1.82) is 0 Å². The maximum Gasteiger partial charge on any atom is 0.343 e. The van der Waals surface area contributed by atoms with Crippen molar-refractivity contribution in [3.05, 3.63) is 209 Å². The summed E-state index contributed by atoms with van der Waals surface area (Å²) >= 11 is 0. The third kappa shape index (κ3) is 53.0. The van der Waals surface area contributed by atoms with Crippen LogP contribution < -0.4 is 33.2 Å². The van der Waals surface area contributed by atoms with E-state index in [2.05, 4.69) is 196 Å². The lowest BCUT2D eigenvalue weighted by atomic mass is 9.82. The molecule has 4 aliphatic carbocycles. The Labute approximate surface area is 827 Å². The zero-order valence-electron chi connectivity index (χ0n) is 86.8. The lowest BCUT2D eigenvalue weighted by Crippen LogP contribution is -2.25. The van der Waals surface area contributed by atoms with Crippen LogP contribution in [0.15, 0.2) is 170 Å². The number of hydrogen-bond donors (Lipinski definition) is 3. The Balaban J connectivity index is 0.000000285. The Hall–Kier alpha value is -10.6. The van der Waals surface area contributed by atoms with E-state index in [-0.39, 0.29) is 54.2 Å². The fourth-order valence-electron chi connectivity index (χ4n) is 17.1. The second-order valence-electron chi connectivity index (χ2n) is 40.6. The number of hydrogen-bond acceptors (Lipinski definition) is 18. The van der Waals surface area contributed by atoms with Crippen molar-refractivity contribution in [2.45, 2.75) is 277 Å². The molecule has 4 aliphatic rings. The van der Waals surface area contributed by atoms with Gasteiger partial charge in [0, 0.05) is 12.8 Å². The molecule has 7 aromatic rings. The summed E-state index contributed by atoms with van der Waals surface area (Å²) in [6.45, 7) is 34.9. The van der Waals surface area contributed by atoms with Gasteiger partial charge < -0.3 is 67.4 Å². The number of carboxylic acids is 3. The van der Waals surface area contributed by atoms with E-state index < -0.39 is 17.9 Å². The van der Waals surface area contributed by atoms with Crippen LogP contribution in [0.4, 0.5) is 0 Å². The predicted octanol–water partition coefficient (Wildman–Crippen LogP) is 26.0. The van der Waals surface area contributed by atoms with Crippen LogP contribution >= 0.6 is 0 Å². The van der Waals surface area contributed by atoms with Crippen LogP contribution in [0.2, 0.25) is 0 Å². The number of benzene rings is 7. The first-order valence-corrected chi connectivity index (χ1v) is 51.0. The number of rotatable bonds is 44. The van der Waals surface area contributed by atoms with Crippen LogP contribution in [0.1, 0.15) is 271 Å². The number of aliphatic carboxylic acids is 3. The van der Waals surface area contributed by atoms with Crippen molar-refractivity contribution >= 4 is 41.8 Å². The molecule has 0 unspecified atom stereocenters. The van der Waals surface area contributed by atoms with Gasteiger partial charge in [-0.3, -0.25) is 28.8 Å². The maximum atomic E-state index is 11.5. The zero-order chi connectivity index (χ0) is 101. The summed E-state index contributed by atoms with van der Waals surface area (Å²) < 4.78 is 58.3. The van der Waals surface area contributed by atoms with Crippen molar-refractivity contribution in [2.24, 2.45) is 88.8 Å². The second-order valence-corrected chi connectivity index (χ2v) is 40.6. The van der Waals surface area contributed by atoms with E-state index >= 15 is 0 Å². The molecule has 0 radical (unpaired) electrons. The standard InChI is InChI=1S/C19H28O3.3C18H26O3.C16H24O3.C15H22O3.C13H18O3/c1-14(2)12-15-6-10-18(11-7-15)22-13-16-4-8-17(9-5-16)19(20)21-3;2*1-13(2)11-14-5-9-17(10-6-14)21-12-15-3-7-16(8-4-15)18(19)20;1-13(2)10-14-6-8-17(9-7-14)21-12-15-4-3-5-16(11-15)18(19)20;1-13(2)12-14-7-9-15(10-8-14)19-11-5-4-6-16(17)18-3;1-12(2)11-13-6-8-14(9-7-13)18-10-4-5-15(16)17-3;1-10(2)8-11-4-6-12(7-5-11)16-9-13(14)15-3/h6-7,10-11,14,16-17H,4-5,8-9,12-13H2,1-3H3;2*5-6,9-10,13,15-16H,3-4,7-8,11-12H2,1-2H3,(H,19,20);6-9,13,15-16H,3-5,10-12H2,1-2H3,(H,19,20);7-10,13H,4-6,11-12H2,1-3H3;6-9,12H,4-5,10-11H2,1-3H3;4-7,10H,8-9H2,1-3H3/t;;;15-,16+;;;/m...1.../s1. The van der Waals surface area contributed by atoms with E-state index in [1.54, 1.807) is 0 Å². The van der Waals surface area contributed by atoms with Crippen molar-refractivity contribution < 1.29 is 101 Å². The molecule has 0 aromatic heterocycles. The van der Waals surface area contributed by atoms with Crippen LogP contribution in [0.25, 0.3) is 0 Å². The molecule has 4 fully saturated rings.